The predicted molar refractivity (Wildman–Crippen MR) is 81.5 cm³/mol. The number of hydrogen-bond donors (Lipinski definition) is 1. The van der Waals surface area contributed by atoms with Crippen molar-refractivity contribution in [2.24, 2.45) is 0 Å². The first-order valence-electron chi connectivity index (χ1n) is 5.80. The van der Waals surface area contributed by atoms with Crippen molar-refractivity contribution in [3.05, 3.63) is 52.7 Å². The summed E-state index contributed by atoms with van der Waals surface area (Å²) in [5.41, 5.74) is 2.15. The summed E-state index contributed by atoms with van der Waals surface area (Å²) in [6.45, 7) is 0. The molecule has 0 bridgehead atoms. The molecule has 0 saturated heterocycles. The first-order chi connectivity index (χ1) is 9.58. The Morgan fingerprint density at radius 3 is 2.80 bits per heavy atom. The highest BCUT2D eigenvalue weighted by Gasteiger charge is 2.05. The van der Waals surface area contributed by atoms with E-state index < -0.39 is 10.8 Å². The molecule has 20 heavy (non-hydrogen) atoms. The van der Waals surface area contributed by atoms with Crippen LogP contribution in [0.25, 0.3) is 0 Å². The van der Waals surface area contributed by atoms with E-state index in [4.69, 9.17) is 16.9 Å². The maximum absolute atomic E-state index is 11.3. The van der Waals surface area contributed by atoms with E-state index in [1.807, 2.05) is 18.2 Å². The van der Waals surface area contributed by atoms with E-state index >= 15 is 0 Å². The number of halogens is 1. The molecule has 0 radical (unpaired) electrons. The number of hydrogen-bond acceptors (Lipinski definition) is 4. The Morgan fingerprint density at radius 2 is 2.20 bits per heavy atom. The van der Waals surface area contributed by atoms with E-state index in [-0.39, 0.29) is 0 Å². The molecule has 0 fully saturated rings. The molecule has 1 unspecified atom stereocenters. The van der Waals surface area contributed by atoms with E-state index in [0.717, 1.165) is 11.3 Å². The van der Waals surface area contributed by atoms with Gasteiger partial charge in [-0.05, 0) is 35.9 Å². The van der Waals surface area contributed by atoms with Crippen LogP contribution in [0.5, 0.6) is 0 Å². The third kappa shape index (κ3) is 3.80. The van der Waals surface area contributed by atoms with Gasteiger partial charge in [0.2, 0.25) is 0 Å². The molecule has 4 nitrogen and oxygen atoms in total. The van der Waals surface area contributed by atoms with Gasteiger partial charge in [-0.15, -0.1) is 0 Å². The van der Waals surface area contributed by atoms with Crippen LogP contribution in [0.1, 0.15) is 11.1 Å². The Kier molecular flexibility index (Phi) is 4.72. The summed E-state index contributed by atoms with van der Waals surface area (Å²) < 4.78 is 11.3. The van der Waals surface area contributed by atoms with Gasteiger partial charge < -0.3 is 5.32 Å². The van der Waals surface area contributed by atoms with E-state index in [9.17, 15) is 4.21 Å². The predicted octanol–water partition coefficient (Wildman–Crippen LogP) is 3.23. The van der Waals surface area contributed by atoms with Crippen molar-refractivity contribution >= 4 is 33.9 Å². The molecule has 1 aromatic heterocycles. The van der Waals surface area contributed by atoms with Crippen molar-refractivity contribution in [1.82, 2.24) is 4.98 Å². The normalized spacial score (nSPS) is 11.7. The summed E-state index contributed by atoms with van der Waals surface area (Å²) in [6, 6.07) is 10.9. The SMILES string of the molecule is CS(=O)Cc1cc(Nc2ccc(C#N)cn2)ccc1Cl. The lowest BCUT2D eigenvalue weighted by Crippen LogP contribution is -1.97. The second kappa shape index (κ2) is 6.51. The first-order valence-corrected chi connectivity index (χ1v) is 7.90. The first kappa shape index (κ1) is 14.5. The maximum Gasteiger partial charge on any atom is 0.130 e. The summed E-state index contributed by atoms with van der Waals surface area (Å²) in [7, 11) is -0.950. The minimum Gasteiger partial charge on any atom is -0.340 e. The number of nitrogens with zero attached hydrogens (tertiary/aromatic N) is 2. The van der Waals surface area contributed by atoms with Crippen LogP contribution >= 0.6 is 11.6 Å². The Bertz CT molecular complexity index is 680. The standard InChI is InChI=1S/C14H12ClN3OS/c1-20(19)9-11-6-12(3-4-13(11)15)18-14-5-2-10(7-16)8-17-14/h2-6,8H,9H2,1H3,(H,17,18). The van der Waals surface area contributed by atoms with E-state index in [0.29, 0.717) is 22.2 Å². The number of pyridine rings is 1. The fraction of sp³-hybridized carbons (Fsp3) is 0.143. The van der Waals surface area contributed by atoms with Gasteiger partial charge in [-0.2, -0.15) is 5.26 Å². The highest BCUT2D eigenvalue weighted by Crippen LogP contribution is 2.23. The molecule has 0 aliphatic heterocycles. The van der Waals surface area contributed by atoms with Gasteiger partial charge in [0.1, 0.15) is 11.9 Å². The molecule has 2 rings (SSSR count). The van der Waals surface area contributed by atoms with Crippen LogP contribution in [0.4, 0.5) is 11.5 Å². The highest BCUT2D eigenvalue weighted by molar-refractivity contribution is 7.83. The van der Waals surface area contributed by atoms with E-state index in [2.05, 4.69) is 10.3 Å². The topological polar surface area (TPSA) is 65.8 Å². The van der Waals surface area contributed by atoms with Gasteiger partial charge in [-0.25, -0.2) is 4.98 Å². The zero-order chi connectivity index (χ0) is 14.5. The zero-order valence-electron chi connectivity index (χ0n) is 10.8. The van der Waals surface area contributed by atoms with Crippen molar-refractivity contribution in [2.75, 3.05) is 11.6 Å². The molecule has 0 spiro atoms. The van der Waals surface area contributed by atoms with Crippen LogP contribution in [-0.2, 0) is 16.6 Å². The van der Waals surface area contributed by atoms with Gasteiger partial charge in [-0.1, -0.05) is 11.6 Å². The largest absolute Gasteiger partial charge is 0.340 e. The molecule has 6 heteroatoms. The van der Waals surface area contributed by atoms with E-state index in [1.54, 1.807) is 24.5 Å². The Hall–Kier alpha value is -1.90. The molecule has 102 valence electrons. The zero-order valence-corrected chi connectivity index (χ0v) is 12.3. The quantitative estimate of drug-likeness (QED) is 0.942. The molecule has 0 saturated carbocycles. The molecule has 0 amide bonds. The number of nitrogens with one attached hydrogen (secondary N) is 1. The lowest BCUT2D eigenvalue weighted by atomic mass is 10.2. The minimum absolute atomic E-state index is 0.412. The monoisotopic (exact) mass is 305 g/mol. The summed E-state index contributed by atoms with van der Waals surface area (Å²) in [5, 5.41) is 12.4. The average Bonchev–Trinajstić information content (AvgIpc) is 2.43. The minimum atomic E-state index is -0.950. The Labute approximate surface area is 124 Å². The fourth-order valence-corrected chi connectivity index (χ4v) is 2.60. The van der Waals surface area contributed by atoms with Gasteiger partial charge in [0.15, 0.2) is 0 Å². The van der Waals surface area contributed by atoms with Crippen molar-refractivity contribution < 1.29 is 4.21 Å². The highest BCUT2D eigenvalue weighted by atomic mass is 35.5. The van der Waals surface area contributed by atoms with Crippen LogP contribution in [0.2, 0.25) is 5.02 Å². The van der Waals surface area contributed by atoms with E-state index in [1.165, 1.54) is 6.20 Å². The summed E-state index contributed by atoms with van der Waals surface area (Å²) >= 11 is 6.07. The number of nitriles is 1. The van der Waals surface area contributed by atoms with Gasteiger partial charge in [0.05, 0.1) is 5.56 Å². The fourth-order valence-electron chi connectivity index (χ4n) is 1.66. The molecule has 1 N–H and O–H groups in total. The van der Waals surface area contributed by atoms with Crippen molar-refractivity contribution in [3.63, 3.8) is 0 Å². The Morgan fingerprint density at radius 1 is 1.40 bits per heavy atom. The maximum atomic E-state index is 11.3. The number of rotatable bonds is 4. The summed E-state index contributed by atoms with van der Waals surface area (Å²) in [5.74, 6) is 1.05. The number of benzene rings is 1. The van der Waals surface area contributed by atoms with Crippen LogP contribution < -0.4 is 5.32 Å². The third-order valence-corrected chi connectivity index (χ3v) is 3.66. The number of aromatic nitrogens is 1. The smallest absolute Gasteiger partial charge is 0.130 e. The molecular formula is C14H12ClN3OS. The van der Waals surface area contributed by atoms with Crippen LogP contribution in [0, 0.1) is 11.3 Å². The third-order valence-electron chi connectivity index (χ3n) is 2.57. The Balaban J connectivity index is 2.20. The molecule has 1 heterocycles. The summed E-state index contributed by atoms with van der Waals surface area (Å²) in [4.78, 5) is 4.13. The van der Waals surface area contributed by atoms with Crippen LogP contribution in [-0.4, -0.2) is 15.4 Å². The van der Waals surface area contributed by atoms with Gasteiger partial charge in [0.25, 0.3) is 0 Å². The second-order valence-corrected chi connectivity index (χ2v) is 6.03. The van der Waals surface area contributed by atoms with Gasteiger partial charge in [-0.3, -0.25) is 4.21 Å². The van der Waals surface area contributed by atoms with Crippen LogP contribution in [0.15, 0.2) is 36.5 Å². The van der Waals surface area contributed by atoms with Crippen molar-refractivity contribution in [1.29, 1.82) is 5.26 Å². The molecule has 1 atom stereocenters. The summed E-state index contributed by atoms with van der Waals surface area (Å²) in [6.07, 6.45) is 3.14. The van der Waals surface area contributed by atoms with Gasteiger partial charge in [0, 0.05) is 39.7 Å². The molecule has 2 aromatic rings. The molecule has 0 aliphatic rings. The lowest BCUT2D eigenvalue weighted by Gasteiger charge is -2.09. The molecule has 0 aliphatic carbocycles. The average molecular weight is 306 g/mol. The van der Waals surface area contributed by atoms with Crippen molar-refractivity contribution in [3.8, 4) is 6.07 Å². The lowest BCUT2D eigenvalue weighted by molar-refractivity contribution is 0.686. The van der Waals surface area contributed by atoms with Crippen molar-refractivity contribution in [2.45, 2.75) is 5.75 Å². The van der Waals surface area contributed by atoms with Crippen LogP contribution in [0.3, 0.4) is 0 Å². The number of anilines is 2. The molecule has 1 aromatic carbocycles. The molecular weight excluding hydrogens is 294 g/mol. The van der Waals surface area contributed by atoms with Gasteiger partial charge >= 0.3 is 0 Å². The second-order valence-electron chi connectivity index (χ2n) is 4.19.